The molecule has 3 aromatic rings. The molecule has 2 aromatic heterocycles. The molecule has 1 fully saturated rings. The number of nitrogens with one attached hydrogen (secondary N) is 3. The van der Waals surface area contributed by atoms with Crippen LogP contribution < -0.4 is 10.6 Å². The molecule has 3 heterocycles. The number of aromatic amines is 1. The van der Waals surface area contributed by atoms with E-state index in [9.17, 15) is 4.79 Å². The molecule has 0 bridgehead atoms. The summed E-state index contributed by atoms with van der Waals surface area (Å²) in [4.78, 5) is 23.5. The number of H-pyrrole nitrogens is 1. The van der Waals surface area contributed by atoms with Gasteiger partial charge in [0.15, 0.2) is 5.82 Å². The third-order valence-electron chi connectivity index (χ3n) is 4.15. The van der Waals surface area contributed by atoms with E-state index in [1.54, 1.807) is 4.90 Å². The molecule has 136 valence electrons. The first-order chi connectivity index (χ1) is 12.2. The molecule has 1 saturated heterocycles. The Labute approximate surface area is 156 Å². The normalized spacial score (nSPS) is 14.1. The standard InChI is InChI=1S/C17H19N7O.ClH/c1-11-10-14(23-22-11)20-15-12-4-2-3-5-13(12)19-16(21-15)17(25)24-8-6-18-7-9-24;/h2-5,10,18H,6-9H2,1H3,(H2,19,20,21,22,23);1H. The van der Waals surface area contributed by atoms with Crippen LogP contribution in [0.1, 0.15) is 16.3 Å². The molecule has 9 heteroatoms. The van der Waals surface area contributed by atoms with Crippen LogP contribution in [0.3, 0.4) is 0 Å². The highest BCUT2D eigenvalue weighted by molar-refractivity contribution is 5.97. The van der Waals surface area contributed by atoms with E-state index < -0.39 is 0 Å². The molecule has 0 radical (unpaired) electrons. The number of aryl methyl sites for hydroxylation is 1. The lowest BCUT2D eigenvalue weighted by Gasteiger charge is -2.26. The molecule has 1 aliphatic heterocycles. The van der Waals surface area contributed by atoms with E-state index in [1.165, 1.54) is 0 Å². The van der Waals surface area contributed by atoms with Crippen LogP contribution in [0.4, 0.5) is 11.6 Å². The zero-order valence-corrected chi connectivity index (χ0v) is 15.1. The zero-order valence-electron chi connectivity index (χ0n) is 14.3. The maximum Gasteiger partial charge on any atom is 0.291 e. The van der Waals surface area contributed by atoms with Crippen LogP contribution in [0.15, 0.2) is 30.3 Å². The van der Waals surface area contributed by atoms with E-state index in [1.807, 2.05) is 37.3 Å². The van der Waals surface area contributed by atoms with Crippen molar-refractivity contribution >= 4 is 40.9 Å². The topological polar surface area (TPSA) is 98.8 Å². The Kier molecular flexibility index (Phi) is 5.34. The van der Waals surface area contributed by atoms with Crippen LogP contribution in [0.25, 0.3) is 10.9 Å². The number of anilines is 2. The second-order valence-electron chi connectivity index (χ2n) is 6.02. The van der Waals surface area contributed by atoms with Crippen molar-refractivity contribution < 1.29 is 4.79 Å². The molecule has 1 aliphatic rings. The first-order valence-electron chi connectivity index (χ1n) is 8.26. The maximum atomic E-state index is 12.8. The van der Waals surface area contributed by atoms with Crippen LogP contribution in [-0.2, 0) is 0 Å². The second kappa shape index (κ2) is 7.67. The van der Waals surface area contributed by atoms with Gasteiger partial charge < -0.3 is 15.5 Å². The van der Waals surface area contributed by atoms with Crippen molar-refractivity contribution in [2.24, 2.45) is 0 Å². The van der Waals surface area contributed by atoms with Crippen LogP contribution in [0.5, 0.6) is 0 Å². The van der Waals surface area contributed by atoms with Crippen molar-refractivity contribution in [3.63, 3.8) is 0 Å². The molecule has 0 unspecified atom stereocenters. The summed E-state index contributed by atoms with van der Waals surface area (Å²) in [5.41, 5.74) is 1.67. The van der Waals surface area contributed by atoms with Gasteiger partial charge in [-0.2, -0.15) is 5.10 Å². The van der Waals surface area contributed by atoms with Crippen molar-refractivity contribution in [1.29, 1.82) is 0 Å². The Morgan fingerprint density at radius 2 is 1.96 bits per heavy atom. The lowest BCUT2D eigenvalue weighted by Crippen LogP contribution is -2.46. The molecule has 1 amide bonds. The van der Waals surface area contributed by atoms with Gasteiger partial charge in [-0.1, -0.05) is 12.1 Å². The summed E-state index contributed by atoms with van der Waals surface area (Å²) in [6, 6.07) is 9.51. The molecule has 0 atom stereocenters. The summed E-state index contributed by atoms with van der Waals surface area (Å²) < 4.78 is 0. The van der Waals surface area contributed by atoms with Gasteiger partial charge in [-0.3, -0.25) is 9.89 Å². The number of benzene rings is 1. The molecule has 0 spiro atoms. The second-order valence-corrected chi connectivity index (χ2v) is 6.02. The summed E-state index contributed by atoms with van der Waals surface area (Å²) in [6.07, 6.45) is 0. The van der Waals surface area contributed by atoms with Crippen molar-refractivity contribution in [1.82, 2.24) is 30.4 Å². The minimum absolute atomic E-state index is 0. The van der Waals surface area contributed by atoms with Gasteiger partial charge in [0.2, 0.25) is 5.82 Å². The molecule has 1 aromatic carbocycles. The number of halogens is 1. The van der Waals surface area contributed by atoms with Gasteiger partial charge in [-0.15, -0.1) is 12.4 Å². The van der Waals surface area contributed by atoms with Gasteiger partial charge >= 0.3 is 0 Å². The number of hydrogen-bond acceptors (Lipinski definition) is 6. The highest BCUT2D eigenvalue weighted by atomic mass is 35.5. The number of hydrogen-bond donors (Lipinski definition) is 3. The summed E-state index contributed by atoms with van der Waals surface area (Å²) in [5.74, 6) is 1.29. The molecule has 0 saturated carbocycles. The van der Waals surface area contributed by atoms with Gasteiger partial charge in [0.05, 0.1) is 5.52 Å². The lowest BCUT2D eigenvalue weighted by atomic mass is 10.2. The van der Waals surface area contributed by atoms with E-state index in [4.69, 9.17) is 0 Å². The number of aromatic nitrogens is 4. The molecule has 26 heavy (non-hydrogen) atoms. The predicted molar refractivity (Wildman–Crippen MR) is 102 cm³/mol. The lowest BCUT2D eigenvalue weighted by molar-refractivity contribution is 0.0724. The molecule has 4 rings (SSSR count). The van der Waals surface area contributed by atoms with E-state index >= 15 is 0 Å². The van der Waals surface area contributed by atoms with Crippen LogP contribution in [0.2, 0.25) is 0 Å². The fourth-order valence-electron chi connectivity index (χ4n) is 2.88. The van der Waals surface area contributed by atoms with Gasteiger partial charge in [0, 0.05) is 43.3 Å². The largest absolute Gasteiger partial charge is 0.333 e. The monoisotopic (exact) mass is 373 g/mol. The average molecular weight is 374 g/mol. The zero-order chi connectivity index (χ0) is 17.2. The van der Waals surface area contributed by atoms with Crippen molar-refractivity contribution in [2.75, 3.05) is 31.5 Å². The Morgan fingerprint density at radius 3 is 2.69 bits per heavy atom. The highest BCUT2D eigenvalue weighted by Crippen LogP contribution is 2.23. The molecule has 8 nitrogen and oxygen atoms in total. The minimum Gasteiger partial charge on any atom is -0.333 e. The summed E-state index contributed by atoms with van der Waals surface area (Å²) in [5, 5.41) is 14.3. The van der Waals surface area contributed by atoms with Crippen molar-refractivity contribution in [3.8, 4) is 0 Å². The number of rotatable bonds is 3. The molecule has 0 aliphatic carbocycles. The van der Waals surface area contributed by atoms with Crippen LogP contribution in [0, 0.1) is 6.92 Å². The number of carbonyl (C=O) groups is 1. The average Bonchev–Trinajstić information content (AvgIpc) is 3.06. The SMILES string of the molecule is Cc1cc(Nc2nc(C(=O)N3CCNCC3)nc3ccccc23)n[nH]1.Cl. The third kappa shape index (κ3) is 3.61. The number of piperazine rings is 1. The summed E-state index contributed by atoms with van der Waals surface area (Å²) >= 11 is 0. The van der Waals surface area contributed by atoms with Crippen molar-refractivity contribution in [3.05, 3.63) is 41.9 Å². The molecular weight excluding hydrogens is 354 g/mol. The van der Waals surface area contributed by atoms with Gasteiger partial charge in [-0.05, 0) is 19.1 Å². The quantitative estimate of drug-likeness (QED) is 0.648. The van der Waals surface area contributed by atoms with E-state index in [0.29, 0.717) is 24.7 Å². The van der Waals surface area contributed by atoms with E-state index in [2.05, 4.69) is 30.8 Å². The van der Waals surface area contributed by atoms with Gasteiger partial charge in [-0.25, -0.2) is 9.97 Å². The van der Waals surface area contributed by atoms with Gasteiger partial charge in [0.25, 0.3) is 5.91 Å². The third-order valence-corrected chi connectivity index (χ3v) is 4.15. The predicted octanol–water partition coefficient (Wildman–Crippen LogP) is 1.87. The fraction of sp³-hybridized carbons (Fsp3) is 0.294. The van der Waals surface area contributed by atoms with Crippen LogP contribution in [-0.4, -0.2) is 57.2 Å². The Balaban J connectivity index is 0.00000196. The minimum atomic E-state index is -0.145. The number of fused-ring (bicyclic) bond motifs is 1. The molecular formula is C17H20ClN7O. The summed E-state index contributed by atoms with van der Waals surface area (Å²) in [7, 11) is 0. The first-order valence-corrected chi connectivity index (χ1v) is 8.26. The smallest absolute Gasteiger partial charge is 0.291 e. The van der Waals surface area contributed by atoms with Gasteiger partial charge in [0.1, 0.15) is 5.82 Å². The fourth-order valence-corrected chi connectivity index (χ4v) is 2.88. The molecule has 3 N–H and O–H groups in total. The maximum absolute atomic E-state index is 12.8. The Hall–Kier alpha value is -2.71. The highest BCUT2D eigenvalue weighted by Gasteiger charge is 2.22. The van der Waals surface area contributed by atoms with Crippen molar-refractivity contribution in [2.45, 2.75) is 6.92 Å². The summed E-state index contributed by atoms with van der Waals surface area (Å²) in [6.45, 7) is 4.83. The number of amides is 1. The first kappa shape index (κ1) is 18.1. The van der Waals surface area contributed by atoms with Crippen LogP contribution >= 0.6 is 12.4 Å². The Bertz CT molecular complexity index is 920. The van der Waals surface area contributed by atoms with E-state index in [0.717, 1.165) is 29.7 Å². The number of carbonyl (C=O) groups excluding carboxylic acids is 1. The van der Waals surface area contributed by atoms with E-state index in [-0.39, 0.29) is 24.1 Å². The number of nitrogens with zero attached hydrogens (tertiary/aromatic N) is 4. The number of para-hydroxylation sites is 1. The Morgan fingerprint density at radius 1 is 1.19 bits per heavy atom.